The van der Waals surface area contributed by atoms with Crippen LogP contribution in [0.4, 0.5) is 15.8 Å². The summed E-state index contributed by atoms with van der Waals surface area (Å²) in [5.74, 6) is 0.410. The van der Waals surface area contributed by atoms with Crippen molar-refractivity contribution >= 4 is 39.7 Å². The molecule has 1 N–H and O–H groups in total. The number of nitrogens with zero attached hydrogens (tertiary/aromatic N) is 5. The quantitative estimate of drug-likeness (QED) is 0.255. The number of hydrogen-bond acceptors (Lipinski definition) is 7. The first kappa shape index (κ1) is 23.9. The molecule has 0 aliphatic carbocycles. The second-order valence-electron chi connectivity index (χ2n) is 9.36. The molecule has 8 nitrogen and oxygen atoms in total. The van der Waals surface area contributed by atoms with Gasteiger partial charge in [0.1, 0.15) is 23.3 Å². The Hall–Kier alpha value is -3.50. The van der Waals surface area contributed by atoms with Gasteiger partial charge in [-0.05, 0) is 31.2 Å². The zero-order chi connectivity index (χ0) is 25.7. The second-order valence-corrected chi connectivity index (χ2v) is 9.77. The Labute approximate surface area is 218 Å². The van der Waals surface area contributed by atoms with Gasteiger partial charge in [0.25, 0.3) is 0 Å². The predicted molar refractivity (Wildman–Crippen MR) is 143 cm³/mol. The number of aromatic nitrogens is 3. The van der Waals surface area contributed by atoms with Crippen molar-refractivity contribution in [3.8, 4) is 22.9 Å². The molecule has 4 aromatic rings. The Morgan fingerprint density at radius 3 is 2.65 bits per heavy atom. The van der Waals surface area contributed by atoms with E-state index in [1.807, 2.05) is 6.92 Å². The summed E-state index contributed by atoms with van der Waals surface area (Å²) in [6.07, 6.45) is 4.62. The molecule has 37 heavy (non-hydrogen) atoms. The molecule has 0 bridgehead atoms. The van der Waals surface area contributed by atoms with E-state index >= 15 is 4.39 Å². The second kappa shape index (κ2) is 9.11. The molecule has 2 aliphatic rings. The highest BCUT2D eigenvalue weighted by atomic mass is 35.5. The Morgan fingerprint density at radius 1 is 1.08 bits per heavy atom. The topological polar surface area (TPSA) is 95.4 Å². The third-order valence-electron chi connectivity index (χ3n) is 7.04. The van der Waals surface area contributed by atoms with Crippen LogP contribution in [0, 0.1) is 17.9 Å². The molecule has 6 rings (SSSR count). The lowest BCUT2D eigenvalue weighted by Gasteiger charge is -2.46. The van der Waals surface area contributed by atoms with Gasteiger partial charge in [-0.2, -0.15) is 4.99 Å². The number of ether oxygens (including phenoxy) is 1. The highest BCUT2D eigenvalue weighted by Crippen LogP contribution is 2.48. The van der Waals surface area contributed by atoms with Crippen LogP contribution in [0.15, 0.2) is 53.8 Å². The van der Waals surface area contributed by atoms with Gasteiger partial charge in [0.05, 0.1) is 22.1 Å². The smallest absolute Gasteiger partial charge is 0.322 e. The molecule has 0 amide bonds. The van der Waals surface area contributed by atoms with Gasteiger partial charge in [0.15, 0.2) is 5.69 Å². The molecule has 4 heterocycles. The molecule has 1 unspecified atom stereocenters. The molecule has 2 aliphatic heterocycles. The molecule has 0 radical (unpaired) electrons. The minimum Gasteiger partial charge on any atom is -0.621 e. The number of fused-ring (bicyclic) bond motifs is 3. The van der Waals surface area contributed by atoms with Gasteiger partial charge in [-0.3, -0.25) is 9.63 Å². The zero-order valence-electron chi connectivity index (χ0n) is 20.3. The van der Waals surface area contributed by atoms with Crippen LogP contribution in [0.3, 0.4) is 0 Å². The lowest BCUT2D eigenvalue weighted by Crippen LogP contribution is -2.57. The fourth-order valence-electron chi connectivity index (χ4n) is 5.21. The van der Waals surface area contributed by atoms with Crippen molar-refractivity contribution in [2.75, 3.05) is 13.1 Å². The SMILES string of the molecule is CC1=Nc2cnc3cc(F)c(-c4ccc(Oc5nccc(C)n5)cc4Cl)cc3c2[N+]1([O-])C1CCNCC1. The van der Waals surface area contributed by atoms with Crippen LogP contribution in [0.5, 0.6) is 11.8 Å². The van der Waals surface area contributed by atoms with E-state index in [0.29, 0.717) is 39.4 Å². The van der Waals surface area contributed by atoms with Crippen molar-refractivity contribution in [3.05, 3.63) is 70.5 Å². The van der Waals surface area contributed by atoms with Gasteiger partial charge in [-0.15, -0.1) is 0 Å². The molecule has 0 saturated carbocycles. The van der Waals surface area contributed by atoms with Crippen LogP contribution in [-0.4, -0.2) is 39.9 Å². The molecule has 2 aromatic heterocycles. The van der Waals surface area contributed by atoms with E-state index in [1.54, 1.807) is 49.6 Å². The Bertz CT molecular complexity index is 1570. The maximum absolute atomic E-state index is 15.4. The minimum atomic E-state index is -0.641. The minimum absolute atomic E-state index is 0.172. The predicted octanol–water partition coefficient (Wildman–Crippen LogP) is 6.21. The number of benzene rings is 2. The number of hydroxylamine groups is 2. The summed E-state index contributed by atoms with van der Waals surface area (Å²) in [6.45, 7) is 5.15. The first-order chi connectivity index (χ1) is 17.8. The molecular weight excluding hydrogens is 495 g/mol. The Balaban J connectivity index is 1.44. The number of quaternary nitrogens is 1. The number of rotatable bonds is 4. The Morgan fingerprint density at radius 2 is 1.89 bits per heavy atom. The summed E-state index contributed by atoms with van der Waals surface area (Å²) in [5.41, 5.74) is 2.96. The molecule has 0 spiro atoms. The third-order valence-corrected chi connectivity index (χ3v) is 7.35. The van der Waals surface area contributed by atoms with E-state index in [9.17, 15) is 5.21 Å². The van der Waals surface area contributed by atoms with Crippen molar-refractivity contribution < 1.29 is 9.13 Å². The van der Waals surface area contributed by atoms with Gasteiger partial charge in [-0.25, -0.2) is 14.4 Å². The summed E-state index contributed by atoms with van der Waals surface area (Å²) in [6, 6.07) is 9.77. The summed E-state index contributed by atoms with van der Waals surface area (Å²) in [4.78, 5) is 17.3. The average Bonchev–Trinajstić information content (AvgIpc) is 3.15. The van der Waals surface area contributed by atoms with Crippen molar-refractivity contribution in [2.24, 2.45) is 4.99 Å². The van der Waals surface area contributed by atoms with Gasteiger partial charge >= 0.3 is 6.01 Å². The molecule has 2 aromatic carbocycles. The first-order valence-corrected chi connectivity index (χ1v) is 12.5. The maximum Gasteiger partial charge on any atom is 0.322 e. The van der Waals surface area contributed by atoms with Crippen LogP contribution in [0.25, 0.3) is 22.0 Å². The monoisotopic (exact) mass is 518 g/mol. The van der Waals surface area contributed by atoms with Gasteiger partial charge in [0.2, 0.25) is 5.84 Å². The highest BCUT2D eigenvalue weighted by Gasteiger charge is 2.43. The number of halogens is 2. The summed E-state index contributed by atoms with van der Waals surface area (Å²) in [7, 11) is 0. The fraction of sp³-hybridized carbons (Fsp3) is 0.259. The summed E-state index contributed by atoms with van der Waals surface area (Å²) >= 11 is 6.60. The number of piperidine rings is 1. The normalized spacial score (nSPS) is 19.6. The lowest BCUT2D eigenvalue weighted by atomic mass is 9.98. The van der Waals surface area contributed by atoms with Crippen molar-refractivity contribution in [1.82, 2.24) is 24.9 Å². The van der Waals surface area contributed by atoms with Crippen molar-refractivity contribution in [3.63, 3.8) is 0 Å². The summed E-state index contributed by atoms with van der Waals surface area (Å²) in [5, 5.41) is 18.7. The van der Waals surface area contributed by atoms with E-state index in [1.165, 1.54) is 6.07 Å². The van der Waals surface area contributed by atoms with Gasteiger partial charge in [-0.1, -0.05) is 11.6 Å². The van der Waals surface area contributed by atoms with E-state index in [-0.39, 0.29) is 22.6 Å². The number of aliphatic imine (C=N–C) groups is 1. The molecule has 1 saturated heterocycles. The van der Waals surface area contributed by atoms with Gasteiger partial charge in [0, 0.05) is 68.0 Å². The third kappa shape index (κ3) is 4.04. The average molecular weight is 519 g/mol. The molecule has 10 heteroatoms. The van der Waals surface area contributed by atoms with E-state index < -0.39 is 10.5 Å². The molecule has 1 atom stereocenters. The molecule has 188 valence electrons. The largest absolute Gasteiger partial charge is 0.621 e. The number of pyridine rings is 1. The fourth-order valence-corrected chi connectivity index (χ4v) is 5.48. The van der Waals surface area contributed by atoms with Crippen LogP contribution in [-0.2, 0) is 0 Å². The number of amidine groups is 1. The Kier molecular flexibility index (Phi) is 5.88. The van der Waals surface area contributed by atoms with Crippen molar-refractivity contribution in [2.45, 2.75) is 32.7 Å². The number of hydrogen-bond donors (Lipinski definition) is 1. The molecule has 1 fully saturated rings. The van der Waals surface area contributed by atoms with E-state index in [0.717, 1.165) is 31.6 Å². The highest BCUT2D eigenvalue weighted by molar-refractivity contribution is 6.33. The zero-order valence-corrected chi connectivity index (χ0v) is 21.1. The van der Waals surface area contributed by atoms with Crippen LogP contribution in [0.2, 0.25) is 5.02 Å². The van der Waals surface area contributed by atoms with Crippen molar-refractivity contribution in [1.29, 1.82) is 0 Å². The van der Waals surface area contributed by atoms with E-state index in [2.05, 4.69) is 25.3 Å². The van der Waals surface area contributed by atoms with Crippen LogP contribution < -0.4 is 14.7 Å². The van der Waals surface area contributed by atoms with Gasteiger partial charge < -0.3 is 15.3 Å². The maximum atomic E-state index is 15.4. The number of aryl methyl sites for hydroxylation is 1. The van der Waals surface area contributed by atoms with Crippen LogP contribution >= 0.6 is 11.6 Å². The van der Waals surface area contributed by atoms with Crippen LogP contribution in [0.1, 0.15) is 25.5 Å². The first-order valence-electron chi connectivity index (χ1n) is 12.1. The summed E-state index contributed by atoms with van der Waals surface area (Å²) < 4.78 is 20.5. The lowest BCUT2D eigenvalue weighted by molar-refractivity contribution is 0.314. The molecular formula is C27H24ClFN6O2. The van der Waals surface area contributed by atoms with E-state index in [4.69, 9.17) is 16.3 Å². The number of nitrogens with one attached hydrogen (secondary N) is 1. The standard InChI is InChI=1S/C27H24ClFN6O2/c1-15-5-10-31-27(33-15)37-18-3-4-19(22(28)11-18)20-12-21-24(13-23(20)29)32-14-25-26(21)35(36,16(2)34-25)17-6-8-30-9-7-17/h3-5,10-14,17,30H,6-9H2,1-2H3.